The molecule has 1 atom stereocenters. The van der Waals surface area contributed by atoms with E-state index in [9.17, 15) is 0 Å². The van der Waals surface area contributed by atoms with Crippen LogP contribution in [0.15, 0.2) is 0 Å². The molecule has 2 heteroatoms. The van der Waals surface area contributed by atoms with Crippen LogP contribution in [0.2, 0.25) is 0 Å². The zero-order chi connectivity index (χ0) is 13.4. The predicted molar refractivity (Wildman–Crippen MR) is 81.1 cm³/mol. The normalized spacial score (nSPS) is 23.0. The summed E-state index contributed by atoms with van der Waals surface area (Å²) in [5, 5.41) is 3.56. The van der Waals surface area contributed by atoms with Gasteiger partial charge >= 0.3 is 0 Å². The van der Waals surface area contributed by atoms with Crippen molar-refractivity contribution >= 4 is 0 Å². The Balaban J connectivity index is 1.97. The third kappa shape index (κ3) is 8.10. The molecule has 1 saturated heterocycles. The number of nitrogens with zero attached hydrogens (tertiary/aromatic N) is 1. The average molecular weight is 254 g/mol. The maximum absolute atomic E-state index is 3.56. The van der Waals surface area contributed by atoms with Crippen LogP contribution in [0.4, 0.5) is 0 Å². The lowest BCUT2D eigenvalue weighted by molar-refractivity contribution is 0.274. The number of rotatable bonds is 6. The molecule has 1 fully saturated rings. The van der Waals surface area contributed by atoms with Crippen LogP contribution in [0.5, 0.6) is 0 Å². The highest BCUT2D eigenvalue weighted by Gasteiger charge is 2.13. The largest absolute Gasteiger partial charge is 0.312 e. The van der Waals surface area contributed by atoms with E-state index in [4.69, 9.17) is 0 Å². The zero-order valence-electron chi connectivity index (χ0n) is 13.1. The first-order valence-electron chi connectivity index (χ1n) is 7.95. The quantitative estimate of drug-likeness (QED) is 0.728. The summed E-state index contributed by atoms with van der Waals surface area (Å²) in [6.07, 6.45) is 8.32. The Labute approximate surface area is 115 Å². The summed E-state index contributed by atoms with van der Waals surface area (Å²) < 4.78 is 0. The highest BCUT2D eigenvalue weighted by Crippen LogP contribution is 2.16. The summed E-state index contributed by atoms with van der Waals surface area (Å²) in [6, 6.07) is 0. The fourth-order valence-electron chi connectivity index (χ4n) is 2.65. The molecule has 1 N–H and O–H groups in total. The maximum Gasteiger partial charge on any atom is 0.00965 e. The molecular formula is C16H34N2. The van der Waals surface area contributed by atoms with Crippen molar-refractivity contribution in [3.8, 4) is 0 Å². The van der Waals surface area contributed by atoms with Gasteiger partial charge in [-0.3, -0.25) is 0 Å². The van der Waals surface area contributed by atoms with E-state index in [1.807, 2.05) is 0 Å². The van der Waals surface area contributed by atoms with E-state index < -0.39 is 0 Å². The summed E-state index contributed by atoms with van der Waals surface area (Å²) in [4.78, 5) is 2.68. The smallest absolute Gasteiger partial charge is 0.00965 e. The fourth-order valence-corrected chi connectivity index (χ4v) is 2.65. The molecule has 1 aliphatic heterocycles. The van der Waals surface area contributed by atoms with E-state index in [1.165, 1.54) is 64.7 Å². The van der Waals surface area contributed by atoms with Gasteiger partial charge in [0, 0.05) is 5.54 Å². The first-order chi connectivity index (χ1) is 8.47. The summed E-state index contributed by atoms with van der Waals surface area (Å²) in [6.45, 7) is 14.3. The van der Waals surface area contributed by atoms with Gasteiger partial charge in [-0.2, -0.15) is 0 Å². The molecule has 0 saturated carbocycles. The van der Waals surface area contributed by atoms with Crippen LogP contribution in [-0.4, -0.2) is 36.6 Å². The number of hydrogen-bond acceptors (Lipinski definition) is 2. The van der Waals surface area contributed by atoms with E-state index in [-0.39, 0.29) is 5.54 Å². The van der Waals surface area contributed by atoms with E-state index in [2.05, 4.69) is 37.9 Å². The first-order valence-corrected chi connectivity index (χ1v) is 7.95. The average Bonchev–Trinajstić information content (AvgIpc) is 2.47. The zero-order valence-corrected chi connectivity index (χ0v) is 13.1. The number of hydrogen-bond donors (Lipinski definition) is 1. The third-order valence-electron chi connectivity index (χ3n) is 3.92. The van der Waals surface area contributed by atoms with Crippen LogP contribution < -0.4 is 5.32 Å². The van der Waals surface area contributed by atoms with Gasteiger partial charge in [0.15, 0.2) is 0 Å². The Bertz CT molecular complexity index is 208. The number of nitrogens with one attached hydrogen (secondary N) is 1. The molecular weight excluding hydrogens is 220 g/mol. The van der Waals surface area contributed by atoms with Crippen molar-refractivity contribution in [1.29, 1.82) is 0 Å². The van der Waals surface area contributed by atoms with Crippen LogP contribution in [0.25, 0.3) is 0 Å². The molecule has 0 radical (unpaired) electrons. The van der Waals surface area contributed by atoms with Crippen molar-refractivity contribution < 1.29 is 0 Å². The predicted octanol–water partition coefficient (Wildman–Crippen LogP) is 3.67. The fraction of sp³-hybridized carbons (Fsp3) is 1.00. The molecule has 1 heterocycles. The minimum Gasteiger partial charge on any atom is -0.312 e. The highest BCUT2D eigenvalue weighted by atomic mass is 15.1. The molecule has 0 aromatic heterocycles. The lowest BCUT2D eigenvalue weighted by Crippen LogP contribution is -2.36. The van der Waals surface area contributed by atoms with Crippen molar-refractivity contribution in [3.63, 3.8) is 0 Å². The summed E-state index contributed by atoms with van der Waals surface area (Å²) in [7, 11) is 0. The Morgan fingerprint density at radius 2 is 1.83 bits per heavy atom. The second-order valence-corrected chi connectivity index (χ2v) is 7.12. The van der Waals surface area contributed by atoms with Gasteiger partial charge < -0.3 is 10.2 Å². The van der Waals surface area contributed by atoms with Crippen LogP contribution in [-0.2, 0) is 0 Å². The van der Waals surface area contributed by atoms with Crippen molar-refractivity contribution in [1.82, 2.24) is 10.2 Å². The molecule has 1 rings (SSSR count). The topological polar surface area (TPSA) is 15.3 Å². The van der Waals surface area contributed by atoms with Crippen LogP contribution >= 0.6 is 0 Å². The van der Waals surface area contributed by atoms with E-state index in [0.717, 1.165) is 5.92 Å². The molecule has 0 bridgehead atoms. The lowest BCUT2D eigenvalue weighted by atomic mass is 10.0. The Morgan fingerprint density at radius 1 is 1.06 bits per heavy atom. The van der Waals surface area contributed by atoms with Gasteiger partial charge in [-0.25, -0.2) is 0 Å². The Morgan fingerprint density at radius 3 is 2.56 bits per heavy atom. The molecule has 0 amide bonds. The van der Waals surface area contributed by atoms with E-state index in [1.54, 1.807) is 0 Å². The Kier molecular flexibility index (Phi) is 7.25. The molecule has 1 aliphatic rings. The van der Waals surface area contributed by atoms with Crippen LogP contribution in [0, 0.1) is 5.92 Å². The minimum atomic E-state index is 0.279. The van der Waals surface area contributed by atoms with E-state index >= 15 is 0 Å². The molecule has 0 aliphatic carbocycles. The monoisotopic (exact) mass is 254 g/mol. The van der Waals surface area contributed by atoms with Crippen molar-refractivity contribution in [2.24, 2.45) is 5.92 Å². The van der Waals surface area contributed by atoms with E-state index in [0.29, 0.717) is 0 Å². The van der Waals surface area contributed by atoms with Crippen LogP contribution in [0.1, 0.15) is 66.2 Å². The Hall–Kier alpha value is -0.0800. The van der Waals surface area contributed by atoms with Gasteiger partial charge in [-0.1, -0.05) is 13.3 Å². The second kappa shape index (κ2) is 8.16. The summed E-state index contributed by atoms with van der Waals surface area (Å²) in [5.41, 5.74) is 0.279. The minimum absolute atomic E-state index is 0.279. The maximum atomic E-state index is 3.56. The van der Waals surface area contributed by atoms with Gasteiger partial charge in [0.25, 0.3) is 0 Å². The van der Waals surface area contributed by atoms with Gasteiger partial charge in [-0.15, -0.1) is 0 Å². The molecule has 1 unspecified atom stereocenters. The second-order valence-electron chi connectivity index (χ2n) is 7.12. The highest BCUT2D eigenvalue weighted by molar-refractivity contribution is 4.70. The molecule has 0 aromatic rings. The van der Waals surface area contributed by atoms with Gasteiger partial charge in [0.2, 0.25) is 0 Å². The van der Waals surface area contributed by atoms with Crippen molar-refractivity contribution in [2.75, 3.05) is 26.2 Å². The summed E-state index contributed by atoms with van der Waals surface area (Å²) >= 11 is 0. The van der Waals surface area contributed by atoms with Gasteiger partial charge in [0.05, 0.1) is 0 Å². The number of likely N-dealkylation sites (tertiary alicyclic amines) is 1. The van der Waals surface area contributed by atoms with Gasteiger partial charge in [-0.05, 0) is 85.0 Å². The third-order valence-corrected chi connectivity index (χ3v) is 3.92. The molecule has 18 heavy (non-hydrogen) atoms. The van der Waals surface area contributed by atoms with Crippen LogP contribution in [0.3, 0.4) is 0 Å². The lowest BCUT2D eigenvalue weighted by Gasteiger charge is -2.21. The molecule has 2 nitrogen and oxygen atoms in total. The standard InChI is InChI=1S/C16H34N2/c1-15-9-8-13-18(14-10-15)12-7-5-6-11-17-16(2,3)4/h15,17H,5-14H2,1-4H3. The molecule has 108 valence electrons. The van der Waals surface area contributed by atoms with Crippen molar-refractivity contribution in [2.45, 2.75) is 71.8 Å². The summed E-state index contributed by atoms with van der Waals surface area (Å²) in [5.74, 6) is 0.950. The SMILES string of the molecule is CC1CCCN(CCCCCNC(C)(C)C)CC1. The number of unbranched alkanes of at least 4 members (excludes halogenated alkanes) is 2. The van der Waals surface area contributed by atoms with Gasteiger partial charge in [0.1, 0.15) is 0 Å². The van der Waals surface area contributed by atoms with Crippen molar-refractivity contribution in [3.05, 3.63) is 0 Å². The first kappa shape index (κ1) is 16.0. The molecule has 0 aromatic carbocycles. The molecule has 0 spiro atoms.